The highest BCUT2D eigenvalue weighted by atomic mass is 31.1. The van der Waals surface area contributed by atoms with E-state index < -0.39 is 17.4 Å². The van der Waals surface area contributed by atoms with Crippen LogP contribution >= 0.6 is 17.4 Å². The van der Waals surface area contributed by atoms with Crippen molar-refractivity contribution in [3.63, 3.8) is 0 Å². The molecule has 6 nitrogen and oxygen atoms in total. The minimum Gasteiger partial charge on any atom is -0.291 e. The second-order valence-electron chi connectivity index (χ2n) is 3.06. The van der Waals surface area contributed by atoms with Crippen LogP contribution in [0.3, 0.4) is 0 Å². The second kappa shape index (κ2) is 7.61. The van der Waals surface area contributed by atoms with Crippen molar-refractivity contribution in [1.29, 1.82) is 5.26 Å². The summed E-state index contributed by atoms with van der Waals surface area (Å²) in [6, 6.07) is 4.89. The van der Waals surface area contributed by atoms with E-state index in [9.17, 15) is 9.13 Å². The first-order valence-electron chi connectivity index (χ1n) is 4.59. The SMILES string of the molecule is [C-]#[N+]c1cc(COP=O)c(C#N)cc1COP=O. The molecule has 0 heterocycles. The molecule has 0 spiro atoms. The Balaban J connectivity index is 3.16. The van der Waals surface area contributed by atoms with Crippen molar-refractivity contribution in [3.8, 4) is 6.07 Å². The minimum atomic E-state index is -0.492. The van der Waals surface area contributed by atoms with E-state index in [2.05, 4.69) is 13.9 Å². The Bertz CT molecular complexity index is 498. The Morgan fingerprint density at radius 2 is 1.83 bits per heavy atom. The lowest BCUT2D eigenvalue weighted by Crippen LogP contribution is -1.94. The number of hydrogen-bond donors (Lipinski definition) is 0. The van der Waals surface area contributed by atoms with E-state index in [1.807, 2.05) is 6.07 Å². The molecule has 0 bridgehead atoms. The van der Waals surface area contributed by atoms with Gasteiger partial charge in [0, 0.05) is 0 Å². The van der Waals surface area contributed by atoms with Crippen LogP contribution in [0.4, 0.5) is 5.69 Å². The zero-order valence-electron chi connectivity index (χ0n) is 8.99. The van der Waals surface area contributed by atoms with E-state index in [-0.39, 0.29) is 18.9 Å². The zero-order valence-corrected chi connectivity index (χ0v) is 10.8. The van der Waals surface area contributed by atoms with Gasteiger partial charge in [-0.05, 0) is 23.3 Å². The maximum absolute atomic E-state index is 10.2. The van der Waals surface area contributed by atoms with Crippen molar-refractivity contribution in [3.05, 3.63) is 40.2 Å². The molecule has 0 amide bonds. The fourth-order valence-corrected chi connectivity index (χ4v) is 1.69. The minimum absolute atomic E-state index is 0.0294. The molecular formula is C10H6N2O4P2. The monoisotopic (exact) mass is 280 g/mol. The first-order valence-corrected chi connectivity index (χ1v) is 6.05. The normalized spacial score (nSPS) is 10.1. The highest BCUT2D eigenvalue weighted by Crippen LogP contribution is 2.27. The Morgan fingerprint density at radius 1 is 1.22 bits per heavy atom. The van der Waals surface area contributed by atoms with E-state index in [4.69, 9.17) is 11.8 Å². The number of rotatable bonds is 6. The number of nitriles is 1. The summed E-state index contributed by atoms with van der Waals surface area (Å²) < 4.78 is 29.8. The van der Waals surface area contributed by atoms with E-state index >= 15 is 0 Å². The van der Waals surface area contributed by atoms with Gasteiger partial charge in [-0.2, -0.15) is 5.26 Å². The summed E-state index contributed by atoms with van der Waals surface area (Å²) >= 11 is 0. The van der Waals surface area contributed by atoms with Crippen LogP contribution in [0.25, 0.3) is 4.85 Å². The zero-order chi connectivity index (χ0) is 13.4. The average molecular weight is 280 g/mol. The highest BCUT2D eigenvalue weighted by molar-refractivity contribution is 7.17. The molecule has 1 aromatic carbocycles. The summed E-state index contributed by atoms with van der Waals surface area (Å²) in [6.45, 7) is 6.96. The van der Waals surface area contributed by atoms with Gasteiger partial charge in [-0.25, -0.2) is 14.0 Å². The summed E-state index contributed by atoms with van der Waals surface area (Å²) in [5.41, 5.74) is 1.51. The first-order chi connectivity index (χ1) is 8.76. The smallest absolute Gasteiger partial charge is 0.291 e. The van der Waals surface area contributed by atoms with Crippen LogP contribution in [0.5, 0.6) is 0 Å². The van der Waals surface area contributed by atoms with Crippen molar-refractivity contribution in [2.45, 2.75) is 13.2 Å². The van der Waals surface area contributed by atoms with Gasteiger partial charge < -0.3 is 0 Å². The van der Waals surface area contributed by atoms with E-state index in [0.717, 1.165) is 0 Å². The Labute approximate surface area is 107 Å². The topological polar surface area (TPSA) is 80.8 Å². The standard InChI is InChI=1S/C10H6N2O4P2/c1-12-10-3-8(5-15-17-13)7(4-11)2-9(10)6-16-18-14/h2-3H,5-6H2. The van der Waals surface area contributed by atoms with Crippen molar-refractivity contribution < 1.29 is 18.2 Å². The van der Waals surface area contributed by atoms with Gasteiger partial charge in [0.1, 0.15) is 0 Å². The van der Waals surface area contributed by atoms with Gasteiger partial charge >= 0.3 is 17.4 Å². The molecule has 0 saturated heterocycles. The number of benzene rings is 1. The fourth-order valence-electron chi connectivity index (χ4n) is 1.31. The molecule has 0 aliphatic rings. The van der Waals surface area contributed by atoms with Crippen LogP contribution in [0, 0.1) is 17.9 Å². The van der Waals surface area contributed by atoms with Gasteiger partial charge in [0.2, 0.25) is 0 Å². The summed E-state index contributed by atoms with van der Waals surface area (Å²) in [5, 5.41) is 8.96. The number of hydrogen-bond acceptors (Lipinski definition) is 5. The lowest BCUT2D eigenvalue weighted by molar-refractivity contribution is 0.329. The highest BCUT2D eigenvalue weighted by Gasteiger charge is 2.10. The molecule has 0 aliphatic heterocycles. The van der Waals surface area contributed by atoms with Crippen molar-refractivity contribution >= 4 is 23.1 Å². The molecule has 0 radical (unpaired) electrons. The molecule has 0 N–H and O–H groups in total. The summed E-state index contributed by atoms with van der Waals surface area (Å²) in [5.74, 6) is 0. The third-order valence-corrected chi connectivity index (χ3v) is 2.56. The molecule has 0 saturated carbocycles. The molecule has 90 valence electrons. The van der Waals surface area contributed by atoms with Gasteiger partial charge in [0.05, 0.1) is 31.4 Å². The molecule has 0 fully saturated rings. The second-order valence-corrected chi connectivity index (χ2v) is 3.87. The van der Waals surface area contributed by atoms with Crippen molar-refractivity contribution in [2.75, 3.05) is 0 Å². The van der Waals surface area contributed by atoms with Crippen LogP contribution in [-0.4, -0.2) is 0 Å². The molecule has 0 aromatic heterocycles. The third kappa shape index (κ3) is 3.67. The Hall–Kier alpha value is -1.68. The quantitative estimate of drug-likeness (QED) is 0.587. The Kier molecular flexibility index (Phi) is 6.08. The van der Waals surface area contributed by atoms with Crippen LogP contribution in [-0.2, 0) is 31.4 Å². The van der Waals surface area contributed by atoms with Gasteiger partial charge in [-0.1, -0.05) is 0 Å². The van der Waals surface area contributed by atoms with Gasteiger partial charge in [0.25, 0.3) is 0 Å². The molecular weight excluding hydrogens is 274 g/mol. The van der Waals surface area contributed by atoms with Crippen LogP contribution < -0.4 is 0 Å². The summed E-state index contributed by atoms with van der Waals surface area (Å²) in [4.78, 5) is 3.29. The molecule has 0 aliphatic carbocycles. The summed E-state index contributed by atoms with van der Waals surface area (Å²) in [7, 11) is -0.984. The van der Waals surface area contributed by atoms with Gasteiger partial charge in [-0.15, -0.1) is 0 Å². The van der Waals surface area contributed by atoms with E-state index in [0.29, 0.717) is 16.7 Å². The lowest BCUT2D eigenvalue weighted by Gasteiger charge is -2.07. The molecule has 18 heavy (non-hydrogen) atoms. The molecule has 8 heteroatoms. The van der Waals surface area contributed by atoms with E-state index in [1.54, 1.807) is 0 Å². The fraction of sp³-hybridized carbons (Fsp3) is 0.200. The average Bonchev–Trinajstić information content (AvgIpc) is 2.42. The van der Waals surface area contributed by atoms with Crippen molar-refractivity contribution in [1.82, 2.24) is 0 Å². The molecule has 1 aromatic rings. The number of nitrogens with zero attached hydrogens (tertiary/aromatic N) is 2. The van der Waals surface area contributed by atoms with E-state index in [1.165, 1.54) is 12.1 Å². The maximum Gasteiger partial charge on any atom is 0.327 e. The molecule has 0 atom stereocenters. The van der Waals surface area contributed by atoms with Crippen LogP contribution in [0.2, 0.25) is 0 Å². The van der Waals surface area contributed by atoms with Gasteiger partial charge in [0.15, 0.2) is 5.69 Å². The van der Waals surface area contributed by atoms with Crippen LogP contribution in [0.15, 0.2) is 12.1 Å². The molecule has 1 rings (SSSR count). The van der Waals surface area contributed by atoms with Crippen molar-refractivity contribution in [2.24, 2.45) is 0 Å². The molecule has 0 unspecified atom stereocenters. The van der Waals surface area contributed by atoms with Gasteiger partial charge in [-0.3, -0.25) is 9.05 Å². The first kappa shape index (κ1) is 14.4. The lowest BCUT2D eigenvalue weighted by atomic mass is 10.0. The Morgan fingerprint density at radius 3 is 2.33 bits per heavy atom. The third-order valence-electron chi connectivity index (χ3n) is 2.09. The maximum atomic E-state index is 10.2. The van der Waals surface area contributed by atoms with Crippen LogP contribution in [0.1, 0.15) is 16.7 Å². The predicted molar refractivity (Wildman–Crippen MR) is 62.2 cm³/mol. The largest absolute Gasteiger partial charge is 0.327 e. The predicted octanol–water partition coefficient (Wildman–Crippen LogP) is 3.56. The summed E-state index contributed by atoms with van der Waals surface area (Å²) in [6.07, 6.45) is 0.